The van der Waals surface area contributed by atoms with Crippen LogP contribution < -0.4 is 10.7 Å². The Balaban J connectivity index is 1.68. The van der Waals surface area contributed by atoms with E-state index >= 15 is 0 Å². The highest BCUT2D eigenvalue weighted by Crippen LogP contribution is 2.21. The third kappa shape index (κ3) is 3.44. The van der Waals surface area contributed by atoms with Crippen molar-refractivity contribution in [2.45, 2.75) is 19.3 Å². The van der Waals surface area contributed by atoms with Crippen molar-refractivity contribution in [2.24, 2.45) is 5.10 Å². The molecular formula is C16H16N4S. The summed E-state index contributed by atoms with van der Waals surface area (Å²) in [5.41, 5.74) is 7.41. The number of anilines is 1. The Morgan fingerprint density at radius 1 is 1.14 bits per heavy atom. The lowest BCUT2D eigenvalue weighted by atomic mass is 9.90. The first-order valence-corrected chi connectivity index (χ1v) is 7.35. The van der Waals surface area contributed by atoms with E-state index in [9.17, 15) is 0 Å². The summed E-state index contributed by atoms with van der Waals surface area (Å²) < 4.78 is 0. The van der Waals surface area contributed by atoms with E-state index in [4.69, 9.17) is 12.2 Å². The first-order chi connectivity index (χ1) is 10.3. The van der Waals surface area contributed by atoms with Crippen molar-refractivity contribution in [3.63, 3.8) is 0 Å². The minimum absolute atomic E-state index is 0.471. The van der Waals surface area contributed by atoms with Gasteiger partial charge in [0.1, 0.15) is 0 Å². The van der Waals surface area contributed by atoms with Gasteiger partial charge in [-0.15, -0.1) is 0 Å². The summed E-state index contributed by atoms with van der Waals surface area (Å²) in [7, 11) is 0. The largest absolute Gasteiger partial charge is 0.330 e. The normalized spacial score (nSPS) is 15.3. The molecule has 0 bridgehead atoms. The molecule has 5 heteroatoms. The van der Waals surface area contributed by atoms with Crippen LogP contribution in [0.5, 0.6) is 0 Å². The van der Waals surface area contributed by atoms with E-state index in [-0.39, 0.29) is 0 Å². The third-order valence-corrected chi connectivity index (χ3v) is 3.59. The van der Waals surface area contributed by atoms with E-state index in [2.05, 4.69) is 39.0 Å². The molecule has 0 spiro atoms. The van der Waals surface area contributed by atoms with Crippen molar-refractivity contribution in [1.82, 2.24) is 10.4 Å². The number of hydrogen-bond acceptors (Lipinski definition) is 3. The van der Waals surface area contributed by atoms with Crippen LogP contribution >= 0.6 is 12.2 Å². The van der Waals surface area contributed by atoms with Crippen LogP contribution in [0.25, 0.3) is 0 Å². The van der Waals surface area contributed by atoms with E-state index in [1.165, 1.54) is 11.1 Å². The average Bonchev–Trinajstić information content (AvgIpc) is 2.54. The fourth-order valence-corrected chi connectivity index (χ4v) is 2.59. The molecule has 4 nitrogen and oxygen atoms in total. The minimum atomic E-state index is 0.471. The van der Waals surface area contributed by atoms with E-state index in [1.807, 2.05) is 18.2 Å². The molecule has 0 radical (unpaired) electrons. The van der Waals surface area contributed by atoms with Gasteiger partial charge in [-0.05, 0) is 49.2 Å². The summed E-state index contributed by atoms with van der Waals surface area (Å²) in [4.78, 5) is 4.03. The molecule has 2 aromatic rings. The molecule has 1 heterocycles. The van der Waals surface area contributed by atoms with Crippen LogP contribution in [0.3, 0.4) is 0 Å². The molecule has 0 atom stereocenters. The zero-order chi connectivity index (χ0) is 14.5. The lowest BCUT2D eigenvalue weighted by Crippen LogP contribution is -2.26. The van der Waals surface area contributed by atoms with Gasteiger partial charge in [-0.2, -0.15) is 5.10 Å². The van der Waals surface area contributed by atoms with Crippen LogP contribution in [-0.2, 0) is 6.42 Å². The molecular weight excluding hydrogens is 280 g/mol. The highest BCUT2D eigenvalue weighted by molar-refractivity contribution is 7.80. The number of aromatic nitrogens is 1. The lowest BCUT2D eigenvalue weighted by molar-refractivity contribution is 0.828. The Bertz CT molecular complexity index is 667. The zero-order valence-corrected chi connectivity index (χ0v) is 12.4. The fourth-order valence-electron chi connectivity index (χ4n) is 2.43. The maximum Gasteiger partial charge on any atom is 0.191 e. The Labute approximate surface area is 129 Å². The molecule has 21 heavy (non-hydrogen) atoms. The molecule has 0 aliphatic heterocycles. The summed E-state index contributed by atoms with van der Waals surface area (Å²) in [5.74, 6) is 0. The van der Waals surface area contributed by atoms with Gasteiger partial charge in [0.05, 0.1) is 17.6 Å². The van der Waals surface area contributed by atoms with E-state index in [0.717, 1.165) is 30.7 Å². The van der Waals surface area contributed by atoms with Crippen LogP contribution in [0.2, 0.25) is 0 Å². The number of benzene rings is 1. The van der Waals surface area contributed by atoms with Crippen LogP contribution in [0.15, 0.2) is 53.9 Å². The lowest BCUT2D eigenvalue weighted by Gasteiger charge is -2.17. The number of rotatable bonds is 2. The van der Waals surface area contributed by atoms with Crippen LogP contribution in [-0.4, -0.2) is 15.8 Å². The molecule has 106 valence electrons. The predicted molar refractivity (Wildman–Crippen MR) is 89.5 cm³/mol. The van der Waals surface area contributed by atoms with Crippen molar-refractivity contribution in [1.29, 1.82) is 0 Å². The third-order valence-electron chi connectivity index (χ3n) is 3.40. The number of pyridine rings is 1. The van der Waals surface area contributed by atoms with Gasteiger partial charge in [-0.1, -0.05) is 24.3 Å². The second kappa shape index (κ2) is 6.45. The second-order valence-corrected chi connectivity index (χ2v) is 5.29. The number of aryl methyl sites for hydroxylation is 1. The van der Waals surface area contributed by atoms with Gasteiger partial charge in [0.2, 0.25) is 0 Å². The van der Waals surface area contributed by atoms with E-state index in [1.54, 1.807) is 12.4 Å². The standard InChI is InChI=1S/C16H16N4S/c21-16(18-13-7-4-10-17-11-13)20-19-15-9-3-6-12-5-1-2-8-14(12)15/h1-2,4-5,7-8,10-11H,3,6,9H2,(H2,18,20,21)/b19-15-. The van der Waals surface area contributed by atoms with Crippen molar-refractivity contribution in [3.8, 4) is 0 Å². The molecule has 0 saturated heterocycles. The zero-order valence-electron chi connectivity index (χ0n) is 11.5. The Morgan fingerprint density at radius 3 is 2.90 bits per heavy atom. The molecule has 3 rings (SSSR count). The van der Waals surface area contributed by atoms with Gasteiger partial charge in [0.15, 0.2) is 5.11 Å². The molecule has 1 aromatic carbocycles. The van der Waals surface area contributed by atoms with Crippen molar-refractivity contribution in [3.05, 3.63) is 59.9 Å². The number of fused-ring (bicyclic) bond motifs is 1. The van der Waals surface area contributed by atoms with Crippen molar-refractivity contribution < 1.29 is 0 Å². The second-order valence-electron chi connectivity index (χ2n) is 4.88. The summed E-state index contributed by atoms with van der Waals surface area (Å²) in [6.45, 7) is 0. The monoisotopic (exact) mass is 296 g/mol. The van der Waals surface area contributed by atoms with Gasteiger partial charge in [-0.25, -0.2) is 0 Å². The fraction of sp³-hybridized carbons (Fsp3) is 0.188. The SMILES string of the molecule is S=C(N/N=C1/CCCc2ccccc21)Nc1cccnc1. The van der Waals surface area contributed by atoms with E-state index in [0.29, 0.717) is 5.11 Å². The number of nitrogens with zero attached hydrogens (tertiary/aromatic N) is 2. The molecule has 1 aromatic heterocycles. The Hall–Kier alpha value is -2.27. The molecule has 1 aliphatic rings. The number of hydrogen-bond donors (Lipinski definition) is 2. The van der Waals surface area contributed by atoms with Crippen LogP contribution in [0, 0.1) is 0 Å². The first-order valence-electron chi connectivity index (χ1n) is 6.95. The maximum atomic E-state index is 5.25. The Kier molecular flexibility index (Phi) is 4.21. The topological polar surface area (TPSA) is 49.3 Å². The summed E-state index contributed by atoms with van der Waals surface area (Å²) >= 11 is 5.25. The van der Waals surface area contributed by atoms with Gasteiger partial charge < -0.3 is 5.32 Å². The van der Waals surface area contributed by atoms with Crippen LogP contribution in [0.1, 0.15) is 24.0 Å². The smallest absolute Gasteiger partial charge is 0.191 e. The van der Waals surface area contributed by atoms with Gasteiger partial charge in [0.25, 0.3) is 0 Å². The molecule has 1 aliphatic carbocycles. The summed E-state index contributed by atoms with van der Waals surface area (Å²) in [5, 5.41) is 7.99. The van der Waals surface area contributed by atoms with Gasteiger partial charge in [-0.3, -0.25) is 10.4 Å². The quantitative estimate of drug-likeness (QED) is 0.660. The van der Waals surface area contributed by atoms with E-state index < -0.39 is 0 Å². The summed E-state index contributed by atoms with van der Waals surface area (Å²) in [6, 6.07) is 12.2. The maximum absolute atomic E-state index is 5.25. The number of hydrazone groups is 1. The summed E-state index contributed by atoms with van der Waals surface area (Å²) in [6.07, 6.45) is 6.66. The van der Waals surface area contributed by atoms with Crippen LogP contribution in [0.4, 0.5) is 5.69 Å². The van der Waals surface area contributed by atoms with Gasteiger partial charge in [0, 0.05) is 11.8 Å². The highest BCUT2D eigenvalue weighted by atomic mass is 32.1. The Morgan fingerprint density at radius 2 is 2.05 bits per heavy atom. The number of nitrogens with one attached hydrogen (secondary N) is 2. The molecule has 0 saturated carbocycles. The number of thiocarbonyl (C=S) groups is 1. The molecule has 0 unspecified atom stereocenters. The van der Waals surface area contributed by atoms with Crippen molar-refractivity contribution >= 4 is 28.7 Å². The highest BCUT2D eigenvalue weighted by Gasteiger charge is 2.14. The average molecular weight is 296 g/mol. The molecule has 2 N–H and O–H groups in total. The van der Waals surface area contributed by atoms with Crippen molar-refractivity contribution in [2.75, 3.05) is 5.32 Å². The predicted octanol–water partition coefficient (Wildman–Crippen LogP) is 3.11. The molecule has 0 fully saturated rings. The molecule has 0 amide bonds. The first kappa shape index (κ1) is 13.7. The van der Waals surface area contributed by atoms with Gasteiger partial charge >= 0.3 is 0 Å². The minimum Gasteiger partial charge on any atom is -0.330 e.